The Balaban J connectivity index is 1.96. The molecule has 3 heteroatoms. The number of para-hydroxylation sites is 1. The highest BCUT2D eigenvalue weighted by Gasteiger charge is 2.22. The van der Waals surface area contributed by atoms with Crippen molar-refractivity contribution in [3.63, 3.8) is 0 Å². The zero-order chi connectivity index (χ0) is 20.9. The van der Waals surface area contributed by atoms with E-state index < -0.39 is 0 Å². The van der Waals surface area contributed by atoms with E-state index in [0.717, 1.165) is 32.8 Å². The summed E-state index contributed by atoms with van der Waals surface area (Å²) in [4.78, 5) is 4.86. The summed E-state index contributed by atoms with van der Waals surface area (Å²) < 4.78 is 2.33. The van der Waals surface area contributed by atoms with Gasteiger partial charge in [-0.15, -0.1) is 0 Å². The van der Waals surface area contributed by atoms with Crippen molar-refractivity contribution in [2.75, 3.05) is 0 Å². The van der Waals surface area contributed by atoms with Crippen LogP contribution in [0.4, 0.5) is 0 Å². The molecule has 0 saturated carbocycles. The fourth-order valence-corrected chi connectivity index (χ4v) is 5.48. The van der Waals surface area contributed by atoms with Crippen molar-refractivity contribution in [1.29, 1.82) is 5.26 Å². The third kappa shape index (κ3) is 1.90. The van der Waals surface area contributed by atoms with Crippen LogP contribution in [0.5, 0.6) is 0 Å². The van der Waals surface area contributed by atoms with Gasteiger partial charge in [0.2, 0.25) is 0 Å². The zero-order valence-electron chi connectivity index (χ0n) is 17.2. The van der Waals surface area contributed by atoms with E-state index in [-0.39, 0.29) is 0 Å². The Kier molecular flexibility index (Phi) is 2.95. The van der Waals surface area contributed by atoms with Crippen LogP contribution in [0.3, 0.4) is 0 Å². The van der Waals surface area contributed by atoms with Crippen LogP contribution in [-0.2, 0) is 0 Å². The maximum Gasteiger partial charge on any atom is 0.101 e. The fraction of sp³-hybridized carbons (Fsp3) is 0.0714. The maximum atomic E-state index is 9.96. The first kappa shape index (κ1) is 16.6. The molecule has 3 heterocycles. The van der Waals surface area contributed by atoms with Gasteiger partial charge in [0.15, 0.2) is 0 Å². The lowest BCUT2D eigenvalue weighted by molar-refractivity contribution is 1.31. The summed E-state index contributed by atoms with van der Waals surface area (Å²) in [6.07, 6.45) is 1.90. The Morgan fingerprint density at radius 3 is 2.48 bits per heavy atom. The van der Waals surface area contributed by atoms with Gasteiger partial charge in [0, 0.05) is 27.7 Å². The summed E-state index contributed by atoms with van der Waals surface area (Å²) in [5, 5.41) is 18.2. The monoisotopic (exact) mass is 395 g/mol. The highest BCUT2D eigenvalue weighted by Crippen LogP contribution is 2.43. The highest BCUT2D eigenvalue weighted by molar-refractivity contribution is 6.29. The van der Waals surface area contributed by atoms with Crippen LogP contribution in [0, 0.1) is 25.2 Å². The van der Waals surface area contributed by atoms with Gasteiger partial charge in [0.05, 0.1) is 27.6 Å². The Hall–Kier alpha value is -4.16. The van der Waals surface area contributed by atoms with Gasteiger partial charge in [-0.1, -0.05) is 48.0 Å². The predicted octanol–water partition coefficient (Wildman–Crippen LogP) is 7.03. The van der Waals surface area contributed by atoms with Gasteiger partial charge in [-0.2, -0.15) is 5.26 Å². The number of fused-ring (bicyclic) bond motifs is 7. The van der Waals surface area contributed by atoms with Crippen molar-refractivity contribution in [3.05, 3.63) is 83.6 Å². The van der Waals surface area contributed by atoms with E-state index in [1.807, 2.05) is 18.3 Å². The molecule has 0 aliphatic heterocycles. The fourth-order valence-electron chi connectivity index (χ4n) is 5.48. The van der Waals surface area contributed by atoms with Crippen LogP contribution < -0.4 is 0 Å². The number of rotatable bonds is 0. The Labute approximate surface area is 178 Å². The summed E-state index contributed by atoms with van der Waals surface area (Å²) >= 11 is 0. The summed E-state index contributed by atoms with van der Waals surface area (Å²) in [5.74, 6) is 0. The molecule has 0 atom stereocenters. The minimum atomic E-state index is 0.698. The molecule has 144 valence electrons. The number of aromatic nitrogens is 2. The molecule has 0 aliphatic carbocycles. The molecule has 7 rings (SSSR count). The largest absolute Gasteiger partial charge is 0.306 e. The molecule has 3 aromatic heterocycles. The van der Waals surface area contributed by atoms with Crippen LogP contribution in [-0.4, -0.2) is 9.38 Å². The highest BCUT2D eigenvalue weighted by atomic mass is 14.9. The van der Waals surface area contributed by atoms with Gasteiger partial charge in [0.1, 0.15) is 6.07 Å². The summed E-state index contributed by atoms with van der Waals surface area (Å²) in [7, 11) is 0. The molecule has 31 heavy (non-hydrogen) atoms. The van der Waals surface area contributed by atoms with Gasteiger partial charge in [-0.05, 0) is 53.8 Å². The van der Waals surface area contributed by atoms with Crippen LogP contribution in [0.25, 0.3) is 59.8 Å². The summed E-state index contributed by atoms with van der Waals surface area (Å²) in [6.45, 7) is 4.33. The minimum absolute atomic E-state index is 0.698. The van der Waals surface area contributed by atoms with Gasteiger partial charge in [-0.3, -0.25) is 4.98 Å². The number of nitrogens with zero attached hydrogens (tertiary/aromatic N) is 3. The van der Waals surface area contributed by atoms with Crippen molar-refractivity contribution in [2.24, 2.45) is 0 Å². The maximum absolute atomic E-state index is 9.96. The molecular formula is C28H17N3. The van der Waals surface area contributed by atoms with E-state index in [4.69, 9.17) is 4.98 Å². The van der Waals surface area contributed by atoms with Gasteiger partial charge in [-0.25, -0.2) is 0 Å². The van der Waals surface area contributed by atoms with E-state index in [1.54, 1.807) is 0 Å². The van der Waals surface area contributed by atoms with Crippen LogP contribution in [0.1, 0.15) is 16.7 Å². The van der Waals surface area contributed by atoms with Crippen LogP contribution in [0.15, 0.2) is 66.9 Å². The Morgan fingerprint density at radius 2 is 1.61 bits per heavy atom. The van der Waals surface area contributed by atoms with E-state index >= 15 is 0 Å². The second-order valence-electron chi connectivity index (χ2n) is 8.49. The summed E-state index contributed by atoms with van der Waals surface area (Å²) in [6, 6.07) is 23.8. The third-order valence-corrected chi connectivity index (χ3v) is 6.80. The van der Waals surface area contributed by atoms with Crippen molar-refractivity contribution in [3.8, 4) is 6.07 Å². The average molecular weight is 395 g/mol. The standard InChI is InChI=1S/C28H17N3/c1-15-6-7-18-13-23-25-24-17(10-11-30-25)8-9-21-20-5-3-4-19(14-29)27(20)31(28(21)24)26(23)16(2)22(18)12-15/h3-13H,1-2H3. The first-order chi connectivity index (χ1) is 15.2. The van der Waals surface area contributed by atoms with Crippen molar-refractivity contribution < 1.29 is 0 Å². The molecule has 0 saturated heterocycles. The van der Waals surface area contributed by atoms with Gasteiger partial charge < -0.3 is 4.40 Å². The molecule has 0 spiro atoms. The zero-order valence-corrected chi connectivity index (χ0v) is 17.2. The molecule has 0 fully saturated rings. The van der Waals surface area contributed by atoms with E-state index in [1.165, 1.54) is 38.1 Å². The number of hydrogen-bond acceptors (Lipinski definition) is 2. The third-order valence-electron chi connectivity index (χ3n) is 6.80. The molecule has 0 amide bonds. The quantitative estimate of drug-likeness (QED) is 0.204. The number of nitriles is 1. The first-order valence-corrected chi connectivity index (χ1v) is 10.5. The lowest BCUT2D eigenvalue weighted by Gasteiger charge is -2.16. The number of aryl methyl sites for hydroxylation is 2. The average Bonchev–Trinajstić information content (AvgIpc) is 3.14. The number of benzene rings is 4. The Morgan fingerprint density at radius 1 is 0.774 bits per heavy atom. The minimum Gasteiger partial charge on any atom is -0.306 e. The van der Waals surface area contributed by atoms with Crippen molar-refractivity contribution in [1.82, 2.24) is 9.38 Å². The lowest BCUT2D eigenvalue weighted by Crippen LogP contribution is -1.98. The van der Waals surface area contributed by atoms with Gasteiger partial charge >= 0.3 is 0 Å². The molecular weight excluding hydrogens is 378 g/mol. The molecule has 7 aromatic rings. The molecule has 0 aliphatic rings. The SMILES string of the molecule is Cc1ccc2cc3c4nccc5ccc6c7cccc(C#N)c7n(c3c(C)c2c1)c6c54. The molecule has 0 bridgehead atoms. The van der Waals surface area contributed by atoms with Gasteiger partial charge in [0.25, 0.3) is 0 Å². The predicted molar refractivity (Wildman–Crippen MR) is 128 cm³/mol. The molecule has 3 nitrogen and oxygen atoms in total. The van der Waals surface area contributed by atoms with E-state index in [2.05, 4.69) is 72.8 Å². The van der Waals surface area contributed by atoms with Crippen LogP contribution >= 0.6 is 0 Å². The number of pyridine rings is 2. The molecule has 0 radical (unpaired) electrons. The van der Waals surface area contributed by atoms with E-state index in [9.17, 15) is 5.26 Å². The normalized spacial score (nSPS) is 12.2. The van der Waals surface area contributed by atoms with Crippen molar-refractivity contribution in [2.45, 2.75) is 13.8 Å². The second-order valence-corrected chi connectivity index (χ2v) is 8.49. The molecule has 4 aromatic carbocycles. The van der Waals surface area contributed by atoms with Crippen molar-refractivity contribution >= 4 is 59.8 Å². The summed E-state index contributed by atoms with van der Waals surface area (Å²) in [5.41, 5.74) is 7.46. The molecule has 0 N–H and O–H groups in total. The molecule has 0 unspecified atom stereocenters. The van der Waals surface area contributed by atoms with E-state index in [0.29, 0.717) is 5.56 Å². The van der Waals surface area contributed by atoms with Crippen LogP contribution in [0.2, 0.25) is 0 Å². The topological polar surface area (TPSA) is 41.1 Å². The lowest BCUT2D eigenvalue weighted by atomic mass is 9.96. The first-order valence-electron chi connectivity index (χ1n) is 10.5. The number of hydrogen-bond donors (Lipinski definition) is 0. The Bertz CT molecular complexity index is 1920. The smallest absolute Gasteiger partial charge is 0.101 e. The second kappa shape index (κ2) is 5.50.